The van der Waals surface area contributed by atoms with Gasteiger partial charge in [-0.25, -0.2) is 0 Å². The van der Waals surface area contributed by atoms with E-state index in [4.69, 9.17) is 0 Å². The third-order valence-electron chi connectivity index (χ3n) is 1.94. The molecule has 1 aromatic heterocycles. The topological polar surface area (TPSA) is 29.9 Å². The van der Waals surface area contributed by atoms with Crippen LogP contribution in [0.1, 0.15) is 26.0 Å². The van der Waals surface area contributed by atoms with E-state index in [2.05, 4.69) is 29.2 Å². The highest BCUT2D eigenvalue weighted by molar-refractivity contribution is 5.02. The lowest BCUT2D eigenvalue weighted by molar-refractivity contribution is 0.558. The van der Waals surface area contributed by atoms with E-state index in [1.54, 1.807) is 0 Å². The van der Waals surface area contributed by atoms with Gasteiger partial charge in [0.1, 0.15) is 0 Å². The highest BCUT2D eigenvalue weighted by Crippen LogP contribution is 1.99. The fourth-order valence-electron chi connectivity index (χ4n) is 1.26. The zero-order valence-electron chi connectivity index (χ0n) is 8.88. The van der Waals surface area contributed by atoms with Gasteiger partial charge in [-0.2, -0.15) is 5.10 Å². The molecular formula is C11H17N3. The van der Waals surface area contributed by atoms with Crippen LogP contribution >= 0.6 is 0 Å². The van der Waals surface area contributed by atoms with Gasteiger partial charge in [-0.15, -0.1) is 5.92 Å². The second kappa shape index (κ2) is 6.22. The number of aryl methyl sites for hydroxylation is 1. The molecule has 76 valence electrons. The molecule has 0 bridgehead atoms. The zero-order valence-corrected chi connectivity index (χ0v) is 8.88. The molecule has 1 heterocycles. The largest absolute Gasteiger partial charge is 0.301 e. The maximum Gasteiger partial charge on any atom is 0.0579 e. The van der Waals surface area contributed by atoms with E-state index in [0.717, 1.165) is 26.1 Å². The van der Waals surface area contributed by atoms with Gasteiger partial charge in [0.05, 0.1) is 12.2 Å². The van der Waals surface area contributed by atoms with Gasteiger partial charge in [0, 0.05) is 19.3 Å². The van der Waals surface area contributed by atoms with E-state index in [9.17, 15) is 0 Å². The Bertz CT molecular complexity index is 317. The minimum atomic E-state index is 0.744. The summed E-state index contributed by atoms with van der Waals surface area (Å²) in [6, 6.07) is 2.04. The summed E-state index contributed by atoms with van der Waals surface area (Å²) in [4.78, 5) is 0. The molecule has 0 aliphatic heterocycles. The lowest BCUT2D eigenvalue weighted by Crippen LogP contribution is -2.17. The van der Waals surface area contributed by atoms with Crippen LogP contribution < -0.4 is 5.32 Å². The summed E-state index contributed by atoms with van der Waals surface area (Å²) >= 11 is 0. The molecule has 1 N–H and O–H groups in total. The Labute approximate surface area is 85.5 Å². The first-order chi connectivity index (χ1) is 6.88. The number of nitrogens with zero attached hydrogens (tertiary/aromatic N) is 2. The maximum absolute atomic E-state index is 4.25. The average molecular weight is 191 g/mol. The summed E-state index contributed by atoms with van der Waals surface area (Å²) in [6.45, 7) is 6.58. The first-order valence-electron chi connectivity index (χ1n) is 4.99. The van der Waals surface area contributed by atoms with Gasteiger partial charge in [-0.05, 0) is 19.4 Å². The van der Waals surface area contributed by atoms with E-state index in [-0.39, 0.29) is 0 Å². The predicted octanol–water partition coefficient (Wildman–Crippen LogP) is 1.41. The molecule has 14 heavy (non-hydrogen) atoms. The van der Waals surface area contributed by atoms with Crippen molar-refractivity contribution in [2.75, 3.05) is 6.54 Å². The van der Waals surface area contributed by atoms with Crippen LogP contribution in [0.3, 0.4) is 0 Å². The summed E-state index contributed by atoms with van der Waals surface area (Å²) in [6.07, 6.45) is 2.96. The molecule has 0 saturated carbocycles. The highest BCUT2D eigenvalue weighted by Gasteiger charge is 1.99. The zero-order chi connectivity index (χ0) is 10.2. The molecule has 0 fully saturated rings. The van der Waals surface area contributed by atoms with Gasteiger partial charge >= 0.3 is 0 Å². The van der Waals surface area contributed by atoms with E-state index in [1.165, 1.54) is 5.69 Å². The second-order valence-electron chi connectivity index (χ2n) is 3.08. The Morgan fingerprint density at radius 3 is 3.14 bits per heavy atom. The molecule has 3 heteroatoms. The number of hydrogen-bond donors (Lipinski definition) is 1. The van der Waals surface area contributed by atoms with Crippen molar-refractivity contribution in [2.24, 2.45) is 0 Å². The molecule has 0 unspecified atom stereocenters. The van der Waals surface area contributed by atoms with Crippen molar-refractivity contribution in [3.05, 3.63) is 18.0 Å². The van der Waals surface area contributed by atoms with Gasteiger partial charge in [0.25, 0.3) is 0 Å². The van der Waals surface area contributed by atoms with Crippen molar-refractivity contribution in [3.63, 3.8) is 0 Å². The van der Waals surface area contributed by atoms with Crippen molar-refractivity contribution in [3.8, 4) is 11.8 Å². The minimum absolute atomic E-state index is 0.744. The average Bonchev–Trinajstić information content (AvgIpc) is 2.61. The van der Waals surface area contributed by atoms with Crippen LogP contribution in [0.2, 0.25) is 0 Å². The minimum Gasteiger partial charge on any atom is -0.301 e. The quantitative estimate of drug-likeness (QED) is 0.563. The van der Waals surface area contributed by atoms with Gasteiger partial charge in [-0.3, -0.25) is 4.68 Å². The smallest absolute Gasteiger partial charge is 0.0579 e. The summed E-state index contributed by atoms with van der Waals surface area (Å²) in [5, 5.41) is 7.50. The molecular weight excluding hydrogens is 174 g/mol. The van der Waals surface area contributed by atoms with Crippen LogP contribution in [0.25, 0.3) is 0 Å². The molecule has 1 rings (SSSR count). The van der Waals surface area contributed by atoms with Crippen LogP contribution in [0, 0.1) is 11.8 Å². The lowest BCUT2D eigenvalue weighted by Gasteiger charge is -2.05. The van der Waals surface area contributed by atoms with Gasteiger partial charge in [-0.1, -0.05) is 12.8 Å². The molecule has 3 nitrogen and oxygen atoms in total. The van der Waals surface area contributed by atoms with Crippen LogP contribution in [-0.4, -0.2) is 16.3 Å². The fraction of sp³-hybridized carbons (Fsp3) is 0.545. The highest BCUT2D eigenvalue weighted by atomic mass is 15.3. The monoisotopic (exact) mass is 191 g/mol. The Morgan fingerprint density at radius 1 is 1.57 bits per heavy atom. The Kier molecular flexibility index (Phi) is 4.81. The van der Waals surface area contributed by atoms with Crippen LogP contribution in [0.15, 0.2) is 12.3 Å². The van der Waals surface area contributed by atoms with E-state index < -0.39 is 0 Å². The molecule has 0 saturated heterocycles. The van der Waals surface area contributed by atoms with Gasteiger partial charge in [0.15, 0.2) is 0 Å². The standard InChI is InChI=1S/C11H17N3/c1-3-5-7-12-10-11-6-8-13-14(11)9-4-2/h6,8,12H,4,7,9-10H2,1-2H3. The van der Waals surface area contributed by atoms with Crippen LogP contribution in [0.5, 0.6) is 0 Å². The number of aromatic nitrogens is 2. The van der Waals surface area contributed by atoms with Crippen molar-refractivity contribution in [1.29, 1.82) is 0 Å². The summed E-state index contributed by atoms with van der Waals surface area (Å²) < 4.78 is 2.03. The third kappa shape index (κ3) is 3.23. The van der Waals surface area contributed by atoms with E-state index in [1.807, 2.05) is 23.9 Å². The SMILES string of the molecule is CC#CCNCc1ccnn1CCC. The molecule has 0 aliphatic carbocycles. The first kappa shape index (κ1) is 10.8. The normalized spacial score (nSPS) is 9.57. The Balaban J connectivity index is 2.39. The van der Waals surface area contributed by atoms with Crippen molar-refractivity contribution >= 4 is 0 Å². The molecule has 0 radical (unpaired) electrons. The van der Waals surface area contributed by atoms with Crippen molar-refractivity contribution in [2.45, 2.75) is 33.4 Å². The van der Waals surface area contributed by atoms with E-state index >= 15 is 0 Å². The molecule has 1 aromatic rings. The Hall–Kier alpha value is -1.27. The van der Waals surface area contributed by atoms with Crippen molar-refractivity contribution in [1.82, 2.24) is 15.1 Å². The van der Waals surface area contributed by atoms with Gasteiger partial charge < -0.3 is 5.32 Å². The summed E-state index contributed by atoms with van der Waals surface area (Å²) in [5.74, 6) is 5.82. The first-order valence-corrected chi connectivity index (χ1v) is 4.99. The number of hydrogen-bond acceptors (Lipinski definition) is 2. The van der Waals surface area contributed by atoms with Gasteiger partial charge in [0.2, 0.25) is 0 Å². The summed E-state index contributed by atoms with van der Waals surface area (Å²) in [5.41, 5.74) is 1.23. The Morgan fingerprint density at radius 2 is 2.43 bits per heavy atom. The number of rotatable bonds is 5. The van der Waals surface area contributed by atoms with Crippen molar-refractivity contribution < 1.29 is 0 Å². The molecule has 0 aliphatic rings. The van der Waals surface area contributed by atoms with Crippen LogP contribution in [-0.2, 0) is 13.1 Å². The fourth-order valence-corrected chi connectivity index (χ4v) is 1.26. The van der Waals surface area contributed by atoms with E-state index in [0.29, 0.717) is 0 Å². The lowest BCUT2D eigenvalue weighted by atomic mass is 10.4. The molecule has 0 amide bonds. The maximum atomic E-state index is 4.25. The van der Waals surface area contributed by atoms with Crippen LogP contribution in [0.4, 0.5) is 0 Å². The molecule has 0 atom stereocenters. The summed E-state index contributed by atoms with van der Waals surface area (Å²) in [7, 11) is 0. The number of nitrogens with one attached hydrogen (secondary N) is 1. The third-order valence-corrected chi connectivity index (χ3v) is 1.94. The molecule has 0 spiro atoms. The molecule has 0 aromatic carbocycles. The second-order valence-corrected chi connectivity index (χ2v) is 3.08. The predicted molar refractivity (Wildman–Crippen MR) is 57.7 cm³/mol.